The van der Waals surface area contributed by atoms with Crippen molar-refractivity contribution in [1.29, 1.82) is 0 Å². The number of anilines is 1. The number of non-ortho nitro benzene ring substituents is 2. The SMILES string of the molecule is COC(CN(C)C(=O)Nc1ccc(Oc2cc([N+](=O)[O-])cc([N+](=O)[O-])c2)cc1)OC. The van der Waals surface area contributed by atoms with E-state index in [1.54, 1.807) is 19.2 Å². The lowest BCUT2D eigenvalue weighted by Gasteiger charge is -2.22. The van der Waals surface area contributed by atoms with E-state index in [2.05, 4.69) is 5.32 Å². The molecule has 0 radical (unpaired) electrons. The van der Waals surface area contributed by atoms with Crippen LogP contribution in [0.5, 0.6) is 11.5 Å². The van der Waals surface area contributed by atoms with E-state index < -0.39 is 33.5 Å². The molecule has 2 aromatic rings. The second kappa shape index (κ2) is 10.1. The Hall–Kier alpha value is -3.77. The van der Waals surface area contributed by atoms with E-state index in [4.69, 9.17) is 14.2 Å². The minimum Gasteiger partial charge on any atom is -0.457 e. The molecule has 0 aromatic heterocycles. The molecule has 0 heterocycles. The van der Waals surface area contributed by atoms with E-state index in [1.807, 2.05) is 0 Å². The van der Waals surface area contributed by atoms with Gasteiger partial charge in [0.1, 0.15) is 11.5 Å². The molecule has 0 unspecified atom stereocenters. The van der Waals surface area contributed by atoms with E-state index in [-0.39, 0.29) is 18.0 Å². The van der Waals surface area contributed by atoms with Crippen LogP contribution < -0.4 is 10.1 Å². The van der Waals surface area contributed by atoms with Crippen molar-refractivity contribution in [3.63, 3.8) is 0 Å². The summed E-state index contributed by atoms with van der Waals surface area (Å²) in [5.74, 6) is 0.215. The Morgan fingerprint density at radius 2 is 1.53 bits per heavy atom. The quantitative estimate of drug-likeness (QED) is 0.369. The largest absolute Gasteiger partial charge is 0.457 e. The number of rotatable bonds is 9. The molecule has 0 saturated heterocycles. The van der Waals surface area contributed by atoms with Crippen molar-refractivity contribution in [2.45, 2.75) is 6.29 Å². The van der Waals surface area contributed by atoms with Crippen LogP contribution in [0.2, 0.25) is 0 Å². The standard InChI is InChI=1S/C18H20N4O8/c1-20(11-17(28-2)29-3)18(23)19-12-4-6-15(7-5-12)30-16-9-13(21(24)25)8-14(10-16)22(26)27/h4-10,17H,11H2,1-3H3,(H,19,23). The van der Waals surface area contributed by atoms with Crippen LogP contribution >= 0.6 is 0 Å². The van der Waals surface area contributed by atoms with Gasteiger partial charge >= 0.3 is 6.03 Å². The number of amides is 2. The number of nitro benzene ring substituents is 2. The highest BCUT2D eigenvalue weighted by Gasteiger charge is 2.18. The van der Waals surface area contributed by atoms with Crippen LogP contribution in [0.4, 0.5) is 21.9 Å². The number of benzene rings is 2. The van der Waals surface area contributed by atoms with E-state index in [0.29, 0.717) is 5.69 Å². The van der Waals surface area contributed by atoms with Crippen molar-refractivity contribution in [2.24, 2.45) is 0 Å². The van der Waals surface area contributed by atoms with E-state index >= 15 is 0 Å². The van der Waals surface area contributed by atoms with Crippen LogP contribution in [-0.4, -0.2) is 54.9 Å². The molecule has 0 aliphatic heterocycles. The molecule has 1 N–H and O–H groups in total. The van der Waals surface area contributed by atoms with Crippen molar-refractivity contribution >= 4 is 23.1 Å². The number of nitrogens with zero attached hydrogens (tertiary/aromatic N) is 3. The second-order valence-electron chi connectivity index (χ2n) is 6.04. The molecule has 12 heteroatoms. The van der Waals surface area contributed by atoms with Gasteiger partial charge in [0, 0.05) is 27.0 Å². The molecular weight excluding hydrogens is 400 g/mol. The summed E-state index contributed by atoms with van der Waals surface area (Å²) in [6.45, 7) is 0.214. The molecule has 0 saturated carbocycles. The van der Waals surface area contributed by atoms with Crippen LogP contribution in [0.25, 0.3) is 0 Å². The highest BCUT2D eigenvalue weighted by atomic mass is 16.7. The predicted octanol–water partition coefficient (Wildman–Crippen LogP) is 3.38. The van der Waals surface area contributed by atoms with Crippen LogP contribution in [0.15, 0.2) is 42.5 Å². The van der Waals surface area contributed by atoms with Gasteiger partial charge in [-0.05, 0) is 24.3 Å². The Kier molecular flexibility index (Phi) is 7.61. The van der Waals surface area contributed by atoms with Gasteiger partial charge in [0.05, 0.1) is 34.6 Å². The summed E-state index contributed by atoms with van der Waals surface area (Å²) in [4.78, 5) is 34.0. The number of hydrogen-bond acceptors (Lipinski definition) is 8. The molecule has 0 aliphatic carbocycles. The lowest BCUT2D eigenvalue weighted by atomic mass is 10.2. The van der Waals surface area contributed by atoms with Crippen molar-refractivity contribution in [3.8, 4) is 11.5 Å². The number of nitrogens with one attached hydrogen (secondary N) is 1. The summed E-state index contributed by atoms with van der Waals surface area (Å²) >= 11 is 0. The highest BCUT2D eigenvalue weighted by molar-refractivity contribution is 5.89. The Bertz CT molecular complexity index is 883. The van der Waals surface area contributed by atoms with E-state index in [0.717, 1.165) is 18.2 Å². The van der Waals surface area contributed by atoms with Gasteiger partial charge in [-0.2, -0.15) is 0 Å². The van der Waals surface area contributed by atoms with Gasteiger partial charge < -0.3 is 24.4 Å². The average molecular weight is 420 g/mol. The molecule has 0 spiro atoms. The summed E-state index contributed by atoms with van der Waals surface area (Å²) in [6.07, 6.45) is -0.560. The first-order valence-electron chi connectivity index (χ1n) is 8.53. The first-order chi connectivity index (χ1) is 14.2. The molecule has 12 nitrogen and oxygen atoms in total. The number of hydrogen-bond donors (Lipinski definition) is 1. The van der Waals surface area contributed by atoms with Gasteiger partial charge in [-0.1, -0.05) is 0 Å². The molecular formula is C18H20N4O8. The lowest BCUT2D eigenvalue weighted by Crippen LogP contribution is -2.38. The van der Waals surface area contributed by atoms with Crippen LogP contribution in [0, 0.1) is 20.2 Å². The molecule has 30 heavy (non-hydrogen) atoms. The zero-order valence-corrected chi connectivity index (χ0v) is 16.4. The monoisotopic (exact) mass is 420 g/mol. The average Bonchev–Trinajstić information content (AvgIpc) is 2.72. The van der Waals surface area contributed by atoms with E-state index in [9.17, 15) is 25.0 Å². The maximum atomic E-state index is 12.2. The van der Waals surface area contributed by atoms with Crippen molar-refractivity contribution < 1.29 is 28.9 Å². The van der Waals surface area contributed by atoms with E-state index in [1.165, 1.54) is 31.3 Å². The fourth-order valence-electron chi connectivity index (χ4n) is 2.35. The fourth-order valence-corrected chi connectivity index (χ4v) is 2.35. The summed E-state index contributed by atoms with van der Waals surface area (Å²) in [7, 11) is 4.51. The smallest absolute Gasteiger partial charge is 0.321 e. The number of likely N-dealkylation sites (N-methyl/N-ethyl adjacent to an activating group) is 1. The molecule has 2 amide bonds. The van der Waals surface area contributed by atoms with Crippen LogP contribution in [-0.2, 0) is 9.47 Å². The highest BCUT2D eigenvalue weighted by Crippen LogP contribution is 2.31. The molecule has 0 aliphatic rings. The molecule has 0 fully saturated rings. The number of nitro groups is 2. The lowest BCUT2D eigenvalue weighted by molar-refractivity contribution is -0.394. The zero-order valence-electron chi connectivity index (χ0n) is 16.4. The Morgan fingerprint density at radius 1 is 1.00 bits per heavy atom. The minimum atomic E-state index is -0.743. The topological polar surface area (TPSA) is 146 Å². The van der Waals surface area contributed by atoms with Gasteiger partial charge in [0.25, 0.3) is 11.4 Å². The van der Waals surface area contributed by atoms with Crippen LogP contribution in [0.1, 0.15) is 0 Å². The first kappa shape index (κ1) is 22.5. The van der Waals surface area contributed by atoms with Gasteiger partial charge in [0.15, 0.2) is 6.29 Å². The molecule has 160 valence electrons. The number of urea groups is 1. The van der Waals surface area contributed by atoms with Gasteiger partial charge in [0.2, 0.25) is 0 Å². The molecule has 0 atom stereocenters. The number of carbonyl (C=O) groups is 1. The maximum absolute atomic E-state index is 12.2. The first-order valence-corrected chi connectivity index (χ1v) is 8.53. The fraction of sp³-hybridized carbons (Fsp3) is 0.278. The summed E-state index contributed by atoms with van der Waals surface area (Å²) in [6, 6.07) is 8.74. The zero-order chi connectivity index (χ0) is 22.3. The Labute approximate surface area is 171 Å². The molecule has 2 aromatic carbocycles. The number of carbonyl (C=O) groups excluding carboxylic acids is 1. The minimum absolute atomic E-state index is 0.0578. The normalized spacial score (nSPS) is 10.5. The Balaban J connectivity index is 2.07. The summed E-state index contributed by atoms with van der Waals surface area (Å²) < 4.78 is 15.6. The van der Waals surface area contributed by atoms with Gasteiger partial charge in [-0.25, -0.2) is 4.79 Å². The third-order valence-corrected chi connectivity index (χ3v) is 3.93. The second-order valence-corrected chi connectivity index (χ2v) is 6.04. The number of ether oxygens (including phenoxy) is 3. The number of methoxy groups -OCH3 is 2. The van der Waals surface area contributed by atoms with Crippen molar-refractivity contribution in [3.05, 3.63) is 62.7 Å². The summed E-state index contributed by atoms with van der Waals surface area (Å²) in [5.41, 5.74) is -0.455. The van der Waals surface area contributed by atoms with Crippen molar-refractivity contribution in [2.75, 3.05) is 33.1 Å². The third kappa shape index (κ3) is 6.12. The van der Waals surface area contributed by atoms with Gasteiger partial charge in [-0.3, -0.25) is 20.2 Å². The summed E-state index contributed by atoms with van der Waals surface area (Å²) in [5, 5.41) is 24.6. The Morgan fingerprint density at radius 3 is 2.00 bits per heavy atom. The maximum Gasteiger partial charge on any atom is 0.321 e. The van der Waals surface area contributed by atoms with Gasteiger partial charge in [-0.15, -0.1) is 0 Å². The van der Waals surface area contributed by atoms with Crippen LogP contribution in [0.3, 0.4) is 0 Å². The molecule has 0 bridgehead atoms. The predicted molar refractivity (Wildman–Crippen MR) is 106 cm³/mol. The molecule has 2 rings (SSSR count). The third-order valence-electron chi connectivity index (χ3n) is 3.93. The van der Waals surface area contributed by atoms with Crippen molar-refractivity contribution in [1.82, 2.24) is 4.90 Å².